The second-order valence-electron chi connectivity index (χ2n) is 5.80. The van der Waals surface area contributed by atoms with Crippen LogP contribution in [0.25, 0.3) is 11.4 Å². The van der Waals surface area contributed by atoms with E-state index in [1.807, 2.05) is 24.3 Å². The second kappa shape index (κ2) is 5.87. The monoisotopic (exact) mass is 319 g/mol. The van der Waals surface area contributed by atoms with Crippen LogP contribution in [0, 0.1) is 0 Å². The summed E-state index contributed by atoms with van der Waals surface area (Å²) in [5, 5.41) is 7.93. The van der Waals surface area contributed by atoms with Crippen molar-refractivity contribution in [1.82, 2.24) is 19.9 Å². The van der Waals surface area contributed by atoms with E-state index in [1.165, 1.54) is 13.1 Å². The lowest BCUT2D eigenvalue weighted by molar-refractivity contribution is 0.0187. The van der Waals surface area contributed by atoms with Crippen molar-refractivity contribution < 1.29 is 4.52 Å². The van der Waals surface area contributed by atoms with Crippen LogP contribution in [-0.4, -0.2) is 65.3 Å². The van der Waals surface area contributed by atoms with E-state index in [9.17, 15) is 0 Å². The van der Waals surface area contributed by atoms with Gasteiger partial charge in [-0.3, -0.25) is 9.80 Å². The Labute approximate surface area is 134 Å². The van der Waals surface area contributed by atoms with Crippen LogP contribution in [0.2, 0.25) is 5.02 Å². The third-order valence-electron chi connectivity index (χ3n) is 4.39. The van der Waals surface area contributed by atoms with Crippen molar-refractivity contribution in [2.45, 2.75) is 6.04 Å². The first-order valence-corrected chi connectivity index (χ1v) is 7.96. The Balaban J connectivity index is 1.40. The van der Waals surface area contributed by atoms with Crippen LogP contribution >= 0.6 is 11.6 Å². The van der Waals surface area contributed by atoms with Gasteiger partial charge >= 0.3 is 6.01 Å². The lowest BCUT2D eigenvalue weighted by atomic mass is 10.1. The van der Waals surface area contributed by atoms with Gasteiger partial charge in [-0.25, -0.2) is 0 Å². The summed E-state index contributed by atoms with van der Waals surface area (Å²) in [4.78, 5) is 9.43. The molecule has 3 fully saturated rings. The zero-order valence-corrected chi connectivity index (χ0v) is 13.0. The standard InChI is InChI=1S/C15H18ClN5O/c16-12-3-1-2-11(8-12)14-18-15(22-19-14)17-9-13-10-20-4-6-21(13)7-5-20/h1-3,8,13H,4-7,9-10H2,(H,17,18,19). The molecule has 3 aliphatic heterocycles. The van der Waals surface area contributed by atoms with E-state index in [2.05, 4.69) is 25.3 Å². The summed E-state index contributed by atoms with van der Waals surface area (Å²) in [5.41, 5.74) is 0.857. The van der Waals surface area contributed by atoms with Crippen molar-refractivity contribution in [3.05, 3.63) is 29.3 Å². The van der Waals surface area contributed by atoms with Gasteiger partial charge in [0.2, 0.25) is 5.82 Å². The van der Waals surface area contributed by atoms with Crippen molar-refractivity contribution >= 4 is 17.6 Å². The molecule has 7 heteroatoms. The van der Waals surface area contributed by atoms with Crippen LogP contribution in [0.3, 0.4) is 0 Å². The fourth-order valence-corrected chi connectivity index (χ4v) is 3.35. The zero-order valence-electron chi connectivity index (χ0n) is 12.2. The summed E-state index contributed by atoms with van der Waals surface area (Å²) in [6.07, 6.45) is 0. The number of rotatable bonds is 4. The number of anilines is 1. The molecule has 1 aromatic heterocycles. The number of fused-ring (bicyclic) bond motifs is 3. The van der Waals surface area contributed by atoms with Gasteiger partial charge in [0.25, 0.3) is 0 Å². The van der Waals surface area contributed by atoms with E-state index in [0.717, 1.165) is 31.7 Å². The van der Waals surface area contributed by atoms with Gasteiger partial charge in [-0.1, -0.05) is 28.9 Å². The maximum atomic E-state index is 5.99. The predicted molar refractivity (Wildman–Crippen MR) is 85.0 cm³/mol. The van der Waals surface area contributed by atoms with Crippen molar-refractivity contribution in [2.75, 3.05) is 44.6 Å². The summed E-state index contributed by atoms with van der Waals surface area (Å²) in [6, 6.07) is 8.43. The molecule has 2 aromatic rings. The molecular formula is C15H18ClN5O. The zero-order chi connectivity index (χ0) is 14.9. The van der Waals surface area contributed by atoms with Gasteiger partial charge < -0.3 is 9.84 Å². The van der Waals surface area contributed by atoms with Crippen LogP contribution in [0.4, 0.5) is 6.01 Å². The molecule has 1 unspecified atom stereocenters. The highest BCUT2D eigenvalue weighted by molar-refractivity contribution is 6.30. The molecule has 5 rings (SSSR count). The molecule has 0 radical (unpaired) electrons. The molecule has 2 bridgehead atoms. The maximum absolute atomic E-state index is 5.99. The van der Waals surface area contributed by atoms with E-state index >= 15 is 0 Å². The molecule has 0 saturated carbocycles. The fourth-order valence-electron chi connectivity index (χ4n) is 3.16. The first kappa shape index (κ1) is 14.0. The molecule has 1 aromatic carbocycles. The largest absolute Gasteiger partial charge is 0.336 e. The summed E-state index contributed by atoms with van der Waals surface area (Å²) >= 11 is 5.99. The fraction of sp³-hybridized carbons (Fsp3) is 0.467. The number of aromatic nitrogens is 2. The van der Waals surface area contributed by atoms with Crippen LogP contribution in [-0.2, 0) is 0 Å². The number of nitrogens with one attached hydrogen (secondary N) is 1. The van der Waals surface area contributed by atoms with E-state index < -0.39 is 0 Å². The third kappa shape index (κ3) is 2.82. The normalized spacial score (nSPS) is 27.0. The third-order valence-corrected chi connectivity index (χ3v) is 4.63. The van der Waals surface area contributed by atoms with Gasteiger partial charge in [0.1, 0.15) is 0 Å². The van der Waals surface area contributed by atoms with Gasteiger partial charge in [0.15, 0.2) is 0 Å². The Morgan fingerprint density at radius 2 is 2.14 bits per heavy atom. The smallest absolute Gasteiger partial charge is 0.321 e. The molecule has 1 atom stereocenters. The van der Waals surface area contributed by atoms with Crippen molar-refractivity contribution in [3.8, 4) is 11.4 Å². The SMILES string of the molecule is Clc1cccc(-c2noc(NCC3CN4CCN3CC4)n2)c1. The number of benzene rings is 1. The number of hydrogen-bond acceptors (Lipinski definition) is 6. The lowest BCUT2D eigenvalue weighted by Gasteiger charge is -2.47. The minimum atomic E-state index is 0.465. The molecule has 6 nitrogen and oxygen atoms in total. The summed E-state index contributed by atoms with van der Waals surface area (Å²) in [7, 11) is 0. The van der Waals surface area contributed by atoms with E-state index in [1.54, 1.807) is 0 Å². The van der Waals surface area contributed by atoms with Gasteiger partial charge in [-0.2, -0.15) is 4.98 Å². The molecular weight excluding hydrogens is 302 g/mol. The molecule has 0 aliphatic carbocycles. The predicted octanol–water partition coefficient (Wildman–Crippen LogP) is 1.80. The summed E-state index contributed by atoms with van der Waals surface area (Å²) in [6.45, 7) is 6.63. The molecule has 116 valence electrons. The molecule has 4 heterocycles. The van der Waals surface area contributed by atoms with Crippen molar-refractivity contribution in [3.63, 3.8) is 0 Å². The van der Waals surface area contributed by atoms with Gasteiger partial charge in [0.05, 0.1) is 0 Å². The number of halogens is 1. The molecule has 3 aliphatic rings. The lowest BCUT2D eigenvalue weighted by Crippen LogP contribution is -2.62. The van der Waals surface area contributed by atoms with Crippen LogP contribution in [0.5, 0.6) is 0 Å². The van der Waals surface area contributed by atoms with E-state index in [0.29, 0.717) is 22.9 Å². The summed E-state index contributed by atoms with van der Waals surface area (Å²) < 4.78 is 5.28. The molecule has 22 heavy (non-hydrogen) atoms. The highest BCUT2D eigenvalue weighted by Crippen LogP contribution is 2.21. The number of nitrogens with zero attached hydrogens (tertiary/aromatic N) is 4. The van der Waals surface area contributed by atoms with Crippen molar-refractivity contribution in [2.24, 2.45) is 0 Å². The minimum absolute atomic E-state index is 0.465. The van der Waals surface area contributed by atoms with Crippen molar-refractivity contribution in [1.29, 1.82) is 0 Å². The molecule has 0 spiro atoms. The maximum Gasteiger partial charge on any atom is 0.321 e. The topological polar surface area (TPSA) is 57.4 Å². The Morgan fingerprint density at radius 3 is 2.86 bits per heavy atom. The van der Waals surface area contributed by atoms with Crippen LogP contribution in [0.15, 0.2) is 28.8 Å². The highest BCUT2D eigenvalue weighted by Gasteiger charge is 2.31. The Kier molecular flexibility index (Phi) is 3.73. The minimum Gasteiger partial charge on any atom is -0.336 e. The second-order valence-corrected chi connectivity index (χ2v) is 6.24. The number of hydrogen-bond donors (Lipinski definition) is 1. The van der Waals surface area contributed by atoms with Gasteiger partial charge in [-0.05, 0) is 12.1 Å². The first-order chi connectivity index (χ1) is 10.8. The highest BCUT2D eigenvalue weighted by atomic mass is 35.5. The van der Waals surface area contributed by atoms with Crippen LogP contribution in [0.1, 0.15) is 0 Å². The molecule has 1 N–H and O–H groups in total. The molecule has 0 amide bonds. The van der Waals surface area contributed by atoms with Gasteiger partial charge in [-0.15, -0.1) is 0 Å². The summed E-state index contributed by atoms with van der Waals surface area (Å²) in [5.74, 6) is 0.555. The van der Waals surface area contributed by atoms with Gasteiger partial charge in [0, 0.05) is 55.9 Å². The van der Waals surface area contributed by atoms with E-state index in [4.69, 9.17) is 16.1 Å². The average Bonchev–Trinajstić information content (AvgIpc) is 3.03. The number of piperazine rings is 3. The Morgan fingerprint density at radius 1 is 1.27 bits per heavy atom. The average molecular weight is 320 g/mol. The Bertz CT molecular complexity index is 653. The van der Waals surface area contributed by atoms with Crippen LogP contribution < -0.4 is 5.32 Å². The first-order valence-electron chi connectivity index (χ1n) is 7.58. The van der Waals surface area contributed by atoms with E-state index in [-0.39, 0.29) is 0 Å². The molecule has 3 saturated heterocycles. The quantitative estimate of drug-likeness (QED) is 0.927. The Hall–Kier alpha value is -1.63.